The van der Waals surface area contributed by atoms with Gasteiger partial charge in [-0.25, -0.2) is 9.97 Å². The second-order valence-corrected chi connectivity index (χ2v) is 3.17. The molecule has 15 heavy (non-hydrogen) atoms. The van der Waals surface area contributed by atoms with Gasteiger partial charge in [0.05, 0.1) is 5.69 Å². The molecular weight excluding hydrogens is 188 g/mol. The van der Waals surface area contributed by atoms with Crippen LogP contribution in [0.1, 0.15) is 5.56 Å². The zero-order valence-corrected chi connectivity index (χ0v) is 8.22. The summed E-state index contributed by atoms with van der Waals surface area (Å²) in [7, 11) is 0. The van der Waals surface area contributed by atoms with E-state index in [-0.39, 0.29) is 5.95 Å². The summed E-state index contributed by atoms with van der Waals surface area (Å²) in [5.41, 5.74) is 13.9. The van der Waals surface area contributed by atoms with E-state index in [0.717, 1.165) is 16.8 Å². The van der Waals surface area contributed by atoms with Crippen molar-refractivity contribution in [2.45, 2.75) is 6.54 Å². The Bertz CT molecular complexity index is 453. The molecule has 0 spiro atoms. The van der Waals surface area contributed by atoms with Crippen LogP contribution in [0.15, 0.2) is 36.5 Å². The highest BCUT2D eigenvalue weighted by Gasteiger charge is 2.06. The predicted molar refractivity (Wildman–Crippen MR) is 59.8 cm³/mol. The van der Waals surface area contributed by atoms with Crippen LogP contribution in [0.5, 0.6) is 0 Å². The molecule has 2 aromatic rings. The van der Waals surface area contributed by atoms with Crippen molar-refractivity contribution >= 4 is 5.95 Å². The van der Waals surface area contributed by atoms with Crippen molar-refractivity contribution in [2.75, 3.05) is 5.73 Å². The summed E-state index contributed by atoms with van der Waals surface area (Å²) in [5, 5.41) is 0. The Morgan fingerprint density at radius 3 is 2.53 bits per heavy atom. The molecule has 1 heterocycles. The van der Waals surface area contributed by atoms with E-state index in [1.165, 1.54) is 0 Å². The third-order valence-corrected chi connectivity index (χ3v) is 2.15. The van der Waals surface area contributed by atoms with Gasteiger partial charge in [0.25, 0.3) is 0 Å². The van der Waals surface area contributed by atoms with Crippen LogP contribution in [0.2, 0.25) is 0 Å². The number of anilines is 1. The van der Waals surface area contributed by atoms with Gasteiger partial charge in [-0.15, -0.1) is 0 Å². The van der Waals surface area contributed by atoms with Gasteiger partial charge in [0.15, 0.2) is 0 Å². The lowest BCUT2D eigenvalue weighted by Crippen LogP contribution is -2.04. The van der Waals surface area contributed by atoms with Crippen LogP contribution in [0.3, 0.4) is 0 Å². The number of nitrogen functional groups attached to an aromatic ring is 1. The third kappa shape index (κ3) is 1.94. The van der Waals surface area contributed by atoms with Crippen molar-refractivity contribution < 1.29 is 0 Å². The smallest absolute Gasteiger partial charge is 0.220 e. The van der Waals surface area contributed by atoms with E-state index in [9.17, 15) is 0 Å². The first-order valence-corrected chi connectivity index (χ1v) is 4.68. The van der Waals surface area contributed by atoms with Crippen LogP contribution < -0.4 is 11.5 Å². The van der Waals surface area contributed by atoms with E-state index < -0.39 is 0 Å². The zero-order valence-electron chi connectivity index (χ0n) is 8.22. The molecular formula is C11H12N4. The highest BCUT2D eigenvalue weighted by atomic mass is 15.0. The first-order valence-electron chi connectivity index (χ1n) is 4.68. The zero-order chi connectivity index (χ0) is 10.7. The minimum absolute atomic E-state index is 0.269. The molecule has 0 bridgehead atoms. The average Bonchev–Trinajstić information content (AvgIpc) is 2.30. The monoisotopic (exact) mass is 200 g/mol. The summed E-state index contributed by atoms with van der Waals surface area (Å²) < 4.78 is 0. The summed E-state index contributed by atoms with van der Waals surface area (Å²) in [4.78, 5) is 8.12. The maximum atomic E-state index is 5.62. The molecule has 4 N–H and O–H groups in total. The molecule has 0 aliphatic carbocycles. The van der Waals surface area contributed by atoms with E-state index in [4.69, 9.17) is 11.5 Å². The van der Waals surface area contributed by atoms with Crippen LogP contribution in [-0.2, 0) is 6.54 Å². The van der Waals surface area contributed by atoms with Gasteiger partial charge in [0, 0.05) is 23.9 Å². The Balaban J connectivity index is 2.56. The second kappa shape index (κ2) is 4.06. The minimum Gasteiger partial charge on any atom is -0.368 e. The third-order valence-electron chi connectivity index (χ3n) is 2.15. The van der Waals surface area contributed by atoms with Crippen LogP contribution >= 0.6 is 0 Å². The standard InChI is InChI=1S/C11H12N4/c12-6-9-7-14-11(13)15-10(9)8-4-2-1-3-5-8/h1-5,7H,6,12H2,(H2,13,14,15). The fourth-order valence-electron chi connectivity index (χ4n) is 1.42. The minimum atomic E-state index is 0.269. The van der Waals surface area contributed by atoms with Crippen molar-refractivity contribution in [1.29, 1.82) is 0 Å². The van der Waals surface area contributed by atoms with Crippen molar-refractivity contribution in [3.8, 4) is 11.3 Å². The fourth-order valence-corrected chi connectivity index (χ4v) is 1.42. The largest absolute Gasteiger partial charge is 0.368 e. The van der Waals surface area contributed by atoms with Gasteiger partial charge in [-0.2, -0.15) is 0 Å². The summed E-state index contributed by atoms with van der Waals surface area (Å²) in [6.07, 6.45) is 1.67. The lowest BCUT2D eigenvalue weighted by Gasteiger charge is -2.06. The number of benzene rings is 1. The number of hydrogen-bond acceptors (Lipinski definition) is 4. The van der Waals surface area contributed by atoms with Gasteiger partial charge < -0.3 is 11.5 Å². The Hall–Kier alpha value is -1.94. The molecule has 0 aliphatic heterocycles. The predicted octanol–water partition coefficient (Wildman–Crippen LogP) is 1.18. The molecule has 0 unspecified atom stereocenters. The first-order chi connectivity index (χ1) is 7.31. The van der Waals surface area contributed by atoms with Crippen molar-refractivity contribution in [2.24, 2.45) is 5.73 Å². The Kier molecular flexibility index (Phi) is 2.60. The molecule has 0 saturated heterocycles. The molecule has 0 atom stereocenters. The lowest BCUT2D eigenvalue weighted by atomic mass is 10.1. The molecule has 0 radical (unpaired) electrons. The van der Waals surface area contributed by atoms with E-state index >= 15 is 0 Å². The maximum Gasteiger partial charge on any atom is 0.220 e. The summed E-state index contributed by atoms with van der Waals surface area (Å²) in [6, 6.07) is 9.81. The molecule has 4 heteroatoms. The van der Waals surface area contributed by atoms with Gasteiger partial charge in [0.1, 0.15) is 0 Å². The quantitative estimate of drug-likeness (QED) is 0.763. The highest BCUT2D eigenvalue weighted by molar-refractivity contribution is 5.63. The van der Waals surface area contributed by atoms with E-state index in [1.54, 1.807) is 6.20 Å². The lowest BCUT2D eigenvalue weighted by molar-refractivity contribution is 1.02. The number of hydrogen-bond donors (Lipinski definition) is 2. The van der Waals surface area contributed by atoms with Crippen LogP contribution in [0.25, 0.3) is 11.3 Å². The van der Waals surface area contributed by atoms with Gasteiger partial charge >= 0.3 is 0 Å². The summed E-state index contributed by atoms with van der Waals surface area (Å²) >= 11 is 0. The SMILES string of the molecule is NCc1cnc(N)nc1-c1ccccc1. The first kappa shape index (κ1) is 9.61. The Morgan fingerprint density at radius 1 is 1.13 bits per heavy atom. The van der Waals surface area contributed by atoms with Crippen LogP contribution in [0.4, 0.5) is 5.95 Å². The topological polar surface area (TPSA) is 77.8 Å². The number of nitrogens with two attached hydrogens (primary N) is 2. The molecule has 0 amide bonds. The highest BCUT2D eigenvalue weighted by Crippen LogP contribution is 2.20. The van der Waals surface area contributed by atoms with Crippen LogP contribution in [0, 0.1) is 0 Å². The van der Waals surface area contributed by atoms with Gasteiger partial charge in [-0.1, -0.05) is 30.3 Å². The Morgan fingerprint density at radius 2 is 1.87 bits per heavy atom. The average molecular weight is 200 g/mol. The summed E-state index contributed by atoms with van der Waals surface area (Å²) in [5.74, 6) is 0.269. The van der Waals surface area contributed by atoms with Crippen molar-refractivity contribution in [3.63, 3.8) is 0 Å². The van der Waals surface area contributed by atoms with E-state index in [0.29, 0.717) is 6.54 Å². The number of nitrogens with zero attached hydrogens (tertiary/aromatic N) is 2. The Labute approximate surface area is 88.0 Å². The van der Waals surface area contributed by atoms with E-state index in [2.05, 4.69) is 9.97 Å². The second-order valence-electron chi connectivity index (χ2n) is 3.17. The molecule has 1 aromatic carbocycles. The molecule has 0 aliphatic rings. The fraction of sp³-hybridized carbons (Fsp3) is 0.0909. The number of aromatic nitrogens is 2. The van der Waals surface area contributed by atoms with Crippen molar-refractivity contribution in [1.82, 2.24) is 9.97 Å². The normalized spacial score (nSPS) is 10.2. The van der Waals surface area contributed by atoms with Crippen molar-refractivity contribution in [3.05, 3.63) is 42.1 Å². The number of rotatable bonds is 2. The summed E-state index contributed by atoms with van der Waals surface area (Å²) in [6.45, 7) is 0.407. The maximum absolute atomic E-state index is 5.62. The molecule has 2 rings (SSSR count). The van der Waals surface area contributed by atoms with E-state index in [1.807, 2.05) is 30.3 Å². The molecule has 0 fully saturated rings. The van der Waals surface area contributed by atoms with Gasteiger partial charge in [-0.3, -0.25) is 0 Å². The van der Waals surface area contributed by atoms with Gasteiger partial charge in [-0.05, 0) is 0 Å². The molecule has 1 aromatic heterocycles. The molecule has 76 valence electrons. The molecule has 0 saturated carbocycles. The van der Waals surface area contributed by atoms with Crippen LogP contribution in [-0.4, -0.2) is 9.97 Å². The molecule has 4 nitrogen and oxygen atoms in total. The van der Waals surface area contributed by atoms with Gasteiger partial charge in [0.2, 0.25) is 5.95 Å².